The second kappa shape index (κ2) is 5.75. The molecule has 7 heteroatoms. The lowest BCUT2D eigenvalue weighted by molar-refractivity contribution is 0.462. The van der Waals surface area contributed by atoms with Crippen LogP contribution in [-0.2, 0) is 16.6 Å². The molecule has 1 aromatic carbocycles. The Kier molecular flexibility index (Phi) is 4.36. The maximum atomic E-state index is 12.7. The predicted octanol–water partition coefficient (Wildman–Crippen LogP) is 2.47. The summed E-state index contributed by atoms with van der Waals surface area (Å²) in [6.07, 6.45) is 0. The third-order valence-electron chi connectivity index (χ3n) is 3.38. The maximum absolute atomic E-state index is 12.7. The van der Waals surface area contributed by atoms with Crippen LogP contribution in [0.15, 0.2) is 22.4 Å². The van der Waals surface area contributed by atoms with Crippen LogP contribution >= 0.6 is 11.3 Å². The zero-order chi connectivity index (χ0) is 15.8. The first-order chi connectivity index (χ1) is 9.71. The van der Waals surface area contributed by atoms with E-state index in [0.717, 1.165) is 21.8 Å². The largest absolute Gasteiger partial charge is 0.399 e. The SMILES string of the molecule is Cc1nc(CN(C)S(=O)(=O)c2cc(N)cc(C)c2C)cs1. The van der Waals surface area contributed by atoms with Crippen molar-refractivity contribution in [3.63, 3.8) is 0 Å². The number of nitrogens with zero attached hydrogens (tertiary/aromatic N) is 2. The van der Waals surface area contributed by atoms with E-state index in [1.54, 1.807) is 20.0 Å². The van der Waals surface area contributed by atoms with Gasteiger partial charge in [0.25, 0.3) is 0 Å². The second-order valence-corrected chi connectivity index (χ2v) is 8.16. The molecule has 2 rings (SSSR count). The molecule has 0 saturated carbocycles. The van der Waals surface area contributed by atoms with Crippen molar-refractivity contribution in [1.29, 1.82) is 0 Å². The van der Waals surface area contributed by atoms with E-state index in [2.05, 4.69) is 4.98 Å². The van der Waals surface area contributed by atoms with Crippen LogP contribution in [0.4, 0.5) is 5.69 Å². The van der Waals surface area contributed by atoms with Crippen molar-refractivity contribution in [2.45, 2.75) is 32.2 Å². The summed E-state index contributed by atoms with van der Waals surface area (Å²) >= 11 is 1.51. The molecule has 0 saturated heterocycles. The van der Waals surface area contributed by atoms with E-state index in [0.29, 0.717) is 5.69 Å². The molecule has 0 fully saturated rings. The molecule has 0 bridgehead atoms. The molecule has 0 aliphatic carbocycles. The zero-order valence-corrected chi connectivity index (χ0v) is 14.2. The molecule has 114 valence electrons. The van der Waals surface area contributed by atoms with Crippen LogP contribution in [0.25, 0.3) is 0 Å². The zero-order valence-electron chi connectivity index (χ0n) is 12.5. The van der Waals surface area contributed by atoms with Crippen molar-refractivity contribution in [2.24, 2.45) is 0 Å². The lowest BCUT2D eigenvalue weighted by atomic mass is 10.1. The summed E-state index contributed by atoms with van der Waals surface area (Å²) in [5, 5.41) is 2.80. The lowest BCUT2D eigenvalue weighted by Crippen LogP contribution is -2.27. The van der Waals surface area contributed by atoms with Crippen molar-refractivity contribution in [2.75, 3.05) is 12.8 Å². The summed E-state index contributed by atoms with van der Waals surface area (Å²) in [6.45, 7) is 5.80. The minimum absolute atomic E-state index is 0.250. The molecule has 0 atom stereocenters. The quantitative estimate of drug-likeness (QED) is 0.876. The number of benzene rings is 1. The number of hydrogen-bond acceptors (Lipinski definition) is 5. The average Bonchev–Trinajstić information content (AvgIpc) is 2.79. The van der Waals surface area contributed by atoms with Gasteiger partial charge in [-0.15, -0.1) is 11.3 Å². The Bertz CT molecular complexity index is 767. The van der Waals surface area contributed by atoms with Gasteiger partial charge in [-0.3, -0.25) is 0 Å². The van der Waals surface area contributed by atoms with Crippen molar-refractivity contribution < 1.29 is 8.42 Å². The van der Waals surface area contributed by atoms with Crippen molar-refractivity contribution in [3.8, 4) is 0 Å². The summed E-state index contributed by atoms with van der Waals surface area (Å²) < 4.78 is 26.7. The number of nitrogen functional groups attached to an aromatic ring is 1. The van der Waals surface area contributed by atoms with Gasteiger partial charge in [-0.1, -0.05) is 0 Å². The molecule has 0 amide bonds. The molecular weight excluding hydrogens is 306 g/mol. The van der Waals surface area contributed by atoms with Crippen LogP contribution < -0.4 is 5.73 Å². The first kappa shape index (κ1) is 15.9. The van der Waals surface area contributed by atoms with Crippen molar-refractivity contribution >= 4 is 27.0 Å². The number of aryl methyl sites for hydroxylation is 2. The first-order valence-electron chi connectivity index (χ1n) is 6.46. The minimum Gasteiger partial charge on any atom is -0.399 e. The number of sulfonamides is 1. The number of rotatable bonds is 4. The van der Waals surface area contributed by atoms with Gasteiger partial charge < -0.3 is 5.73 Å². The summed E-state index contributed by atoms with van der Waals surface area (Å²) in [4.78, 5) is 4.56. The molecule has 0 spiro atoms. The molecule has 0 unspecified atom stereocenters. The van der Waals surface area contributed by atoms with Gasteiger partial charge in [-0.2, -0.15) is 4.31 Å². The Morgan fingerprint density at radius 3 is 2.52 bits per heavy atom. The monoisotopic (exact) mass is 325 g/mol. The van der Waals surface area contributed by atoms with Crippen LogP contribution in [-0.4, -0.2) is 24.8 Å². The van der Waals surface area contributed by atoms with Gasteiger partial charge in [-0.25, -0.2) is 13.4 Å². The fourth-order valence-corrected chi connectivity index (χ4v) is 4.16. The minimum atomic E-state index is -3.59. The van der Waals surface area contributed by atoms with Crippen LogP contribution in [0.5, 0.6) is 0 Å². The van der Waals surface area contributed by atoms with Crippen LogP contribution in [0.1, 0.15) is 21.8 Å². The topological polar surface area (TPSA) is 76.3 Å². The van der Waals surface area contributed by atoms with Crippen LogP contribution in [0.2, 0.25) is 0 Å². The van der Waals surface area contributed by atoms with Crippen molar-refractivity contribution in [3.05, 3.63) is 39.3 Å². The van der Waals surface area contributed by atoms with Gasteiger partial charge in [0, 0.05) is 18.1 Å². The summed E-state index contributed by atoms with van der Waals surface area (Å²) in [5.74, 6) is 0. The van der Waals surface area contributed by atoms with E-state index in [-0.39, 0.29) is 11.4 Å². The van der Waals surface area contributed by atoms with Gasteiger partial charge in [-0.05, 0) is 44.0 Å². The summed E-state index contributed by atoms with van der Waals surface area (Å²) in [6, 6.07) is 3.29. The van der Waals surface area contributed by atoms with Gasteiger partial charge in [0.15, 0.2) is 0 Å². The Balaban J connectivity index is 2.37. The number of hydrogen-bond donors (Lipinski definition) is 1. The Hall–Kier alpha value is -1.44. The highest BCUT2D eigenvalue weighted by atomic mass is 32.2. The van der Waals surface area contributed by atoms with E-state index >= 15 is 0 Å². The molecule has 2 N–H and O–H groups in total. The van der Waals surface area contributed by atoms with E-state index < -0.39 is 10.0 Å². The second-order valence-electron chi connectivity index (χ2n) is 5.08. The molecule has 1 aromatic heterocycles. The third-order valence-corrected chi connectivity index (χ3v) is 6.13. The molecule has 0 radical (unpaired) electrons. The van der Waals surface area contributed by atoms with E-state index in [1.807, 2.05) is 19.2 Å². The number of aromatic nitrogens is 1. The van der Waals surface area contributed by atoms with E-state index in [4.69, 9.17) is 5.73 Å². The molecule has 0 aliphatic rings. The lowest BCUT2D eigenvalue weighted by Gasteiger charge is -2.19. The normalized spacial score (nSPS) is 12.0. The van der Waals surface area contributed by atoms with E-state index in [1.165, 1.54) is 21.7 Å². The first-order valence-corrected chi connectivity index (χ1v) is 8.78. The fourth-order valence-electron chi connectivity index (χ4n) is 2.08. The Morgan fingerprint density at radius 2 is 1.95 bits per heavy atom. The Morgan fingerprint density at radius 1 is 1.29 bits per heavy atom. The average molecular weight is 325 g/mol. The molecule has 5 nitrogen and oxygen atoms in total. The predicted molar refractivity (Wildman–Crippen MR) is 85.8 cm³/mol. The third kappa shape index (κ3) is 3.25. The van der Waals surface area contributed by atoms with E-state index in [9.17, 15) is 8.42 Å². The van der Waals surface area contributed by atoms with Gasteiger partial charge in [0.05, 0.1) is 22.1 Å². The van der Waals surface area contributed by atoms with Gasteiger partial charge >= 0.3 is 0 Å². The molecule has 1 heterocycles. The number of nitrogens with two attached hydrogens (primary N) is 1. The fraction of sp³-hybridized carbons (Fsp3) is 0.357. The van der Waals surface area contributed by atoms with Gasteiger partial charge in [0.2, 0.25) is 10.0 Å². The van der Waals surface area contributed by atoms with Crippen LogP contribution in [0.3, 0.4) is 0 Å². The maximum Gasteiger partial charge on any atom is 0.243 e. The summed E-state index contributed by atoms with van der Waals surface area (Å²) in [7, 11) is -2.03. The highest BCUT2D eigenvalue weighted by Gasteiger charge is 2.24. The smallest absolute Gasteiger partial charge is 0.243 e. The molecule has 21 heavy (non-hydrogen) atoms. The molecule has 0 aliphatic heterocycles. The van der Waals surface area contributed by atoms with Gasteiger partial charge in [0.1, 0.15) is 0 Å². The van der Waals surface area contributed by atoms with Crippen molar-refractivity contribution in [1.82, 2.24) is 9.29 Å². The highest BCUT2D eigenvalue weighted by Crippen LogP contribution is 2.25. The molecule has 2 aromatic rings. The standard InChI is InChI=1S/C14H19N3O2S2/c1-9-5-12(15)6-14(10(9)2)21(18,19)17(4)7-13-8-20-11(3)16-13/h5-6,8H,7,15H2,1-4H3. The number of anilines is 1. The van der Waals surface area contributed by atoms with Crippen LogP contribution in [0, 0.1) is 20.8 Å². The summed E-state index contributed by atoms with van der Waals surface area (Å²) in [5.41, 5.74) is 8.59. The molecular formula is C14H19N3O2S2. The Labute approximate surface area is 129 Å². The number of thiazole rings is 1. The highest BCUT2D eigenvalue weighted by molar-refractivity contribution is 7.89.